The van der Waals surface area contributed by atoms with Gasteiger partial charge in [0.2, 0.25) is 5.91 Å². The van der Waals surface area contributed by atoms with Gasteiger partial charge in [-0.15, -0.1) is 11.8 Å². The Kier molecular flexibility index (Phi) is 5.60. The number of nitrogens with zero attached hydrogens (tertiary/aromatic N) is 1. The Bertz CT molecular complexity index is 218. The van der Waals surface area contributed by atoms with E-state index in [2.05, 4.69) is 0 Å². The third-order valence-corrected chi connectivity index (χ3v) is 2.95. The van der Waals surface area contributed by atoms with E-state index in [1.807, 2.05) is 13.8 Å². The number of likely N-dealkylation sites (N-methyl/N-ethyl adjacent to an activating group) is 1. The number of amides is 1. The van der Waals surface area contributed by atoms with E-state index in [1.54, 1.807) is 0 Å². The number of rotatable bonds is 5. The molecule has 0 aromatic rings. The van der Waals surface area contributed by atoms with Crippen LogP contribution in [0.3, 0.4) is 0 Å². The quantitative estimate of drug-likeness (QED) is 0.751. The summed E-state index contributed by atoms with van der Waals surface area (Å²) in [5.41, 5.74) is 0. The number of carboxylic acid groups (broad SMARTS) is 1. The highest BCUT2D eigenvalue weighted by Gasteiger charge is 2.21. The van der Waals surface area contributed by atoms with Gasteiger partial charge in [0, 0.05) is 7.05 Å². The van der Waals surface area contributed by atoms with Gasteiger partial charge in [0.05, 0.1) is 5.75 Å². The molecule has 1 N–H and O–H groups in total. The Balaban J connectivity index is 4.05. The van der Waals surface area contributed by atoms with Gasteiger partial charge in [-0.05, 0) is 12.2 Å². The number of carbonyl (C=O) groups excluding carboxylic acids is 1. The highest BCUT2D eigenvalue weighted by Crippen LogP contribution is 2.10. The molecule has 4 nitrogen and oxygen atoms in total. The molecule has 0 aliphatic heterocycles. The van der Waals surface area contributed by atoms with E-state index < -0.39 is 12.0 Å². The lowest BCUT2D eigenvalue weighted by Crippen LogP contribution is -2.41. The molecule has 0 saturated heterocycles. The molecule has 0 bridgehead atoms. The summed E-state index contributed by atoms with van der Waals surface area (Å²) in [6, 6.07) is -0.754. The van der Waals surface area contributed by atoms with Gasteiger partial charge in [0.15, 0.2) is 0 Å². The van der Waals surface area contributed by atoms with Crippen LogP contribution in [0.1, 0.15) is 20.8 Å². The Hall–Kier alpha value is -0.710. The summed E-state index contributed by atoms with van der Waals surface area (Å²) >= 11 is 1.51. The van der Waals surface area contributed by atoms with Crippen LogP contribution in [0.15, 0.2) is 0 Å². The molecule has 0 aromatic carbocycles. The summed E-state index contributed by atoms with van der Waals surface area (Å²) in [5.74, 6) is -0.778. The van der Waals surface area contributed by atoms with Gasteiger partial charge in [-0.25, -0.2) is 4.79 Å². The number of carboxylic acids is 1. The first-order chi connectivity index (χ1) is 6.36. The van der Waals surface area contributed by atoms with Crippen LogP contribution >= 0.6 is 11.8 Å². The summed E-state index contributed by atoms with van der Waals surface area (Å²) in [4.78, 5) is 23.3. The van der Waals surface area contributed by atoms with Crippen molar-refractivity contribution in [2.24, 2.45) is 0 Å². The highest BCUT2D eigenvalue weighted by atomic mass is 32.2. The molecule has 0 radical (unpaired) electrons. The van der Waals surface area contributed by atoms with Gasteiger partial charge in [-0.2, -0.15) is 0 Å². The summed E-state index contributed by atoms with van der Waals surface area (Å²) in [6.45, 7) is 5.50. The van der Waals surface area contributed by atoms with Crippen molar-refractivity contribution in [3.8, 4) is 0 Å². The van der Waals surface area contributed by atoms with Gasteiger partial charge in [-0.1, -0.05) is 13.8 Å². The fourth-order valence-electron chi connectivity index (χ4n) is 0.721. The number of hydrogen-bond acceptors (Lipinski definition) is 3. The highest BCUT2D eigenvalue weighted by molar-refractivity contribution is 8.00. The van der Waals surface area contributed by atoms with Crippen LogP contribution in [0, 0.1) is 0 Å². The first-order valence-corrected chi connectivity index (χ1v) is 5.51. The SMILES string of the molecule is CC(C)SCC(=O)N(C)C(C)C(=O)O. The zero-order chi connectivity index (χ0) is 11.3. The van der Waals surface area contributed by atoms with Gasteiger partial charge in [-0.3, -0.25) is 4.79 Å². The van der Waals surface area contributed by atoms with E-state index in [1.165, 1.54) is 30.6 Å². The lowest BCUT2D eigenvalue weighted by Gasteiger charge is -2.21. The van der Waals surface area contributed by atoms with E-state index in [0.717, 1.165) is 0 Å². The number of carbonyl (C=O) groups is 2. The molecule has 0 aliphatic rings. The van der Waals surface area contributed by atoms with Crippen molar-refractivity contribution >= 4 is 23.6 Å². The summed E-state index contributed by atoms with van der Waals surface area (Å²) < 4.78 is 0. The van der Waals surface area contributed by atoms with Crippen molar-refractivity contribution < 1.29 is 14.7 Å². The van der Waals surface area contributed by atoms with E-state index in [-0.39, 0.29) is 5.91 Å². The van der Waals surface area contributed by atoms with Crippen LogP contribution < -0.4 is 0 Å². The largest absolute Gasteiger partial charge is 0.480 e. The predicted molar refractivity (Wildman–Crippen MR) is 57.5 cm³/mol. The van der Waals surface area contributed by atoms with Crippen molar-refractivity contribution in [2.45, 2.75) is 32.1 Å². The molecule has 0 aliphatic carbocycles. The second-order valence-corrected chi connectivity index (χ2v) is 4.94. The summed E-state index contributed by atoms with van der Waals surface area (Å²) in [7, 11) is 1.52. The molecule has 1 atom stereocenters. The molecule has 1 unspecified atom stereocenters. The maximum absolute atomic E-state index is 11.4. The van der Waals surface area contributed by atoms with Crippen molar-refractivity contribution in [1.82, 2.24) is 4.90 Å². The molecular weight excluding hydrogens is 202 g/mol. The smallest absolute Gasteiger partial charge is 0.326 e. The maximum Gasteiger partial charge on any atom is 0.326 e. The third kappa shape index (κ3) is 4.50. The Morgan fingerprint density at radius 2 is 1.86 bits per heavy atom. The molecular formula is C9H17NO3S. The average Bonchev–Trinajstić information content (AvgIpc) is 2.11. The molecule has 0 rings (SSSR count). The zero-order valence-corrected chi connectivity index (χ0v) is 9.80. The topological polar surface area (TPSA) is 57.6 Å². The monoisotopic (exact) mass is 219 g/mol. The van der Waals surface area contributed by atoms with Crippen LogP contribution in [0.2, 0.25) is 0 Å². The predicted octanol–water partition coefficient (Wildman–Crippen LogP) is 1.06. The van der Waals surface area contributed by atoms with Gasteiger partial charge < -0.3 is 10.0 Å². The van der Waals surface area contributed by atoms with Crippen LogP contribution in [0.5, 0.6) is 0 Å². The maximum atomic E-state index is 11.4. The fourth-order valence-corrected chi connectivity index (χ4v) is 1.40. The molecule has 1 amide bonds. The third-order valence-electron chi connectivity index (χ3n) is 1.87. The lowest BCUT2D eigenvalue weighted by atomic mass is 10.3. The molecule has 14 heavy (non-hydrogen) atoms. The summed E-state index contributed by atoms with van der Waals surface area (Å²) in [6.07, 6.45) is 0. The van der Waals surface area contributed by atoms with Gasteiger partial charge >= 0.3 is 5.97 Å². The van der Waals surface area contributed by atoms with Crippen molar-refractivity contribution in [3.05, 3.63) is 0 Å². The van der Waals surface area contributed by atoms with E-state index in [9.17, 15) is 9.59 Å². The van der Waals surface area contributed by atoms with Crippen molar-refractivity contribution in [3.63, 3.8) is 0 Å². The Morgan fingerprint density at radius 1 is 1.36 bits per heavy atom. The van der Waals surface area contributed by atoms with Gasteiger partial charge in [0.25, 0.3) is 0 Å². The summed E-state index contributed by atoms with van der Waals surface area (Å²) in [5, 5.41) is 9.06. The van der Waals surface area contributed by atoms with E-state index in [4.69, 9.17) is 5.11 Å². The van der Waals surface area contributed by atoms with Crippen molar-refractivity contribution in [1.29, 1.82) is 0 Å². The molecule has 0 heterocycles. The molecule has 82 valence electrons. The molecule has 0 spiro atoms. The van der Waals surface area contributed by atoms with Crippen LogP contribution in [-0.4, -0.2) is 46.0 Å². The van der Waals surface area contributed by atoms with Gasteiger partial charge in [0.1, 0.15) is 6.04 Å². The molecule has 0 saturated carbocycles. The first-order valence-electron chi connectivity index (χ1n) is 4.46. The normalized spacial score (nSPS) is 12.6. The standard InChI is InChI=1S/C9H17NO3S/c1-6(2)14-5-8(11)10(4)7(3)9(12)13/h6-7H,5H2,1-4H3,(H,12,13). The van der Waals surface area contributed by atoms with E-state index >= 15 is 0 Å². The minimum Gasteiger partial charge on any atom is -0.480 e. The number of aliphatic carboxylic acids is 1. The average molecular weight is 219 g/mol. The number of hydrogen-bond donors (Lipinski definition) is 1. The lowest BCUT2D eigenvalue weighted by molar-refractivity contribution is -0.147. The van der Waals surface area contributed by atoms with Crippen LogP contribution in [0.4, 0.5) is 0 Å². The molecule has 0 fully saturated rings. The van der Waals surface area contributed by atoms with Crippen LogP contribution in [0.25, 0.3) is 0 Å². The number of thioether (sulfide) groups is 1. The van der Waals surface area contributed by atoms with E-state index in [0.29, 0.717) is 11.0 Å². The van der Waals surface area contributed by atoms with Crippen LogP contribution in [-0.2, 0) is 9.59 Å². The zero-order valence-electron chi connectivity index (χ0n) is 8.98. The minimum atomic E-state index is -0.976. The van der Waals surface area contributed by atoms with Crippen molar-refractivity contribution in [2.75, 3.05) is 12.8 Å². The fraction of sp³-hybridized carbons (Fsp3) is 0.778. The second kappa shape index (κ2) is 5.90. The minimum absolute atomic E-state index is 0.140. The Morgan fingerprint density at radius 3 is 2.21 bits per heavy atom. The molecule has 0 aromatic heterocycles. The first kappa shape index (κ1) is 13.3. The Labute approximate surface area is 88.7 Å². The molecule has 5 heteroatoms. The second-order valence-electron chi connectivity index (χ2n) is 3.38.